The lowest BCUT2D eigenvalue weighted by Crippen LogP contribution is -2.42. The summed E-state index contributed by atoms with van der Waals surface area (Å²) in [6.07, 6.45) is -2.72. The second kappa shape index (κ2) is 10.3. The number of carbonyl (C=O) groups excluding carboxylic acids is 1. The zero-order valence-electron chi connectivity index (χ0n) is 18.6. The van der Waals surface area contributed by atoms with Crippen LogP contribution >= 0.6 is 11.6 Å². The van der Waals surface area contributed by atoms with Crippen LogP contribution in [0.4, 0.5) is 13.2 Å². The van der Waals surface area contributed by atoms with Gasteiger partial charge in [-0.05, 0) is 47.5 Å². The van der Waals surface area contributed by atoms with Gasteiger partial charge in [0.1, 0.15) is 18.4 Å². The lowest BCUT2D eigenvalue weighted by Gasteiger charge is -2.15. The number of benzene rings is 3. The van der Waals surface area contributed by atoms with E-state index in [4.69, 9.17) is 16.3 Å². The van der Waals surface area contributed by atoms with Gasteiger partial charge in [0.2, 0.25) is 0 Å². The third kappa shape index (κ3) is 5.80. The minimum absolute atomic E-state index is 0.0594. The molecule has 0 aliphatic rings. The molecule has 1 amide bonds. The van der Waals surface area contributed by atoms with Crippen molar-refractivity contribution in [3.05, 3.63) is 100 Å². The molecule has 36 heavy (non-hydrogen) atoms. The van der Waals surface area contributed by atoms with Crippen LogP contribution in [-0.4, -0.2) is 28.0 Å². The molecular weight excluding hydrogens is 497 g/mol. The van der Waals surface area contributed by atoms with Crippen LogP contribution < -0.4 is 10.1 Å². The fraction of sp³-hybridized carbons (Fsp3) is 0.154. The minimum Gasteiger partial charge on any atom is -0.487 e. The smallest absolute Gasteiger partial charge is 0.416 e. The van der Waals surface area contributed by atoms with Gasteiger partial charge in [0.15, 0.2) is 0 Å². The number of alkyl halides is 3. The number of carboxylic acid groups (broad SMARTS) is 1. The van der Waals surface area contributed by atoms with E-state index in [-0.39, 0.29) is 29.4 Å². The molecular formula is C26H20ClF3N2O4. The normalized spacial score (nSPS) is 12.3. The number of ether oxygens (including phenoxy) is 1. The number of H-pyrrole nitrogens is 1. The van der Waals surface area contributed by atoms with Crippen molar-refractivity contribution >= 4 is 34.4 Å². The molecule has 1 heterocycles. The number of aromatic nitrogens is 1. The van der Waals surface area contributed by atoms with Crippen LogP contribution in [-0.2, 0) is 24.0 Å². The number of aromatic amines is 1. The number of hydrogen-bond acceptors (Lipinski definition) is 3. The lowest BCUT2D eigenvalue weighted by molar-refractivity contribution is -0.139. The third-order valence-electron chi connectivity index (χ3n) is 5.55. The maximum atomic E-state index is 12.8. The van der Waals surface area contributed by atoms with Gasteiger partial charge in [0, 0.05) is 29.1 Å². The maximum absolute atomic E-state index is 12.8. The first kappa shape index (κ1) is 25.1. The summed E-state index contributed by atoms with van der Waals surface area (Å²) in [5.41, 5.74) is 1.48. The van der Waals surface area contributed by atoms with Crippen LogP contribution in [0.25, 0.3) is 10.9 Å². The van der Waals surface area contributed by atoms with Crippen LogP contribution in [0.15, 0.2) is 72.9 Å². The van der Waals surface area contributed by atoms with Gasteiger partial charge in [-0.25, -0.2) is 4.79 Å². The lowest BCUT2D eigenvalue weighted by atomic mass is 10.0. The van der Waals surface area contributed by atoms with Crippen molar-refractivity contribution < 1.29 is 32.6 Å². The average molecular weight is 517 g/mol. The number of carbonyl (C=O) groups is 2. The molecule has 3 aromatic carbocycles. The van der Waals surface area contributed by atoms with Crippen LogP contribution in [0.3, 0.4) is 0 Å². The van der Waals surface area contributed by atoms with Crippen molar-refractivity contribution in [2.45, 2.75) is 25.2 Å². The molecule has 0 spiro atoms. The van der Waals surface area contributed by atoms with E-state index in [1.54, 1.807) is 18.3 Å². The van der Waals surface area contributed by atoms with E-state index in [0.29, 0.717) is 5.56 Å². The van der Waals surface area contributed by atoms with Gasteiger partial charge in [-0.1, -0.05) is 41.9 Å². The molecule has 186 valence electrons. The van der Waals surface area contributed by atoms with Crippen molar-refractivity contribution in [1.29, 1.82) is 0 Å². The Hall–Kier alpha value is -3.98. The zero-order valence-corrected chi connectivity index (χ0v) is 19.4. The Bertz CT molecular complexity index is 1420. The summed E-state index contributed by atoms with van der Waals surface area (Å²) < 4.78 is 44.0. The van der Waals surface area contributed by atoms with E-state index >= 15 is 0 Å². The Morgan fingerprint density at radius 2 is 1.83 bits per heavy atom. The molecule has 0 aliphatic carbocycles. The van der Waals surface area contributed by atoms with Crippen LogP contribution in [0.5, 0.6) is 5.75 Å². The molecule has 0 saturated carbocycles. The zero-order chi connectivity index (χ0) is 25.9. The molecule has 3 N–H and O–H groups in total. The highest BCUT2D eigenvalue weighted by Crippen LogP contribution is 2.35. The molecule has 4 aromatic rings. The highest BCUT2D eigenvalue weighted by Gasteiger charge is 2.31. The van der Waals surface area contributed by atoms with Crippen molar-refractivity contribution in [2.75, 3.05) is 0 Å². The quantitative estimate of drug-likeness (QED) is 0.274. The molecule has 10 heteroatoms. The Kier molecular flexibility index (Phi) is 7.21. The number of fused-ring (bicyclic) bond motifs is 1. The van der Waals surface area contributed by atoms with Gasteiger partial charge >= 0.3 is 12.1 Å². The fourth-order valence-electron chi connectivity index (χ4n) is 3.72. The summed E-state index contributed by atoms with van der Waals surface area (Å²) in [5, 5.41) is 12.9. The molecule has 0 unspecified atom stereocenters. The molecule has 0 saturated heterocycles. The summed E-state index contributed by atoms with van der Waals surface area (Å²) in [6.45, 7) is -0.0656. The molecule has 6 nitrogen and oxygen atoms in total. The first-order valence-corrected chi connectivity index (χ1v) is 11.2. The number of para-hydroxylation sites is 1. The fourth-order valence-corrected chi connectivity index (χ4v) is 3.95. The molecule has 0 fully saturated rings. The van der Waals surface area contributed by atoms with Crippen molar-refractivity contribution in [1.82, 2.24) is 10.3 Å². The van der Waals surface area contributed by atoms with Crippen molar-refractivity contribution in [3.63, 3.8) is 0 Å². The maximum Gasteiger partial charge on any atom is 0.416 e. The molecule has 4 rings (SSSR count). The van der Waals surface area contributed by atoms with E-state index < -0.39 is 29.7 Å². The van der Waals surface area contributed by atoms with Crippen LogP contribution in [0, 0.1) is 0 Å². The highest BCUT2D eigenvalue weighted by molar-refractivity contribution is 6.32. The second-order valence-electron chi connectivity index (χ2n) is 8.06. The Morgan fingerprint density at radius 1 is 1.06 bits per heavy atom. The van der Waals surface area contributed by atoms with Gasteiger partial charge in [-0.15, -0.1) is 0 Å². The number of hydrogen-bond donors (Lipinski definition) is 3. The minimum atomic E-state index is -4.52. The molecule has 0 aliphatic heterocycles. The number of carboxylic acids is 1. The topological polar surface area (TPSA) is 91.4 Å². The molecule has 0 bridgehead atoms. The first-order chi connectivity index (χ1) is 17.1. The monoisotopic (exact) mass is 516 g/mol. The van der Waals surface area contributed by atoms with E-state index in [2.05, 4.69) is 10.3 Å². The Labute approximate surface area is 208 Å². The van der Waals surface area contributed by atoms with Gasteiger partial charge in [0.25, 0.3) is 5.91 Å². The predicted octanol–water partition coefficient (Wildman–Crippen LogP) is 5.84. The summed E-state index contributed by atoms with van der Waals surface area (Å²) in [5.74, 6) is -1.70. The van der Waals surface area contributed by atoms with Gasteiger partial charge in [-0.2, -0.15) is 13.2 Å². The van der Waals surface area contributed by atoms with E-state index in [1.165, 1.54) is 12.1 Å². The largest absolute Gasteiger partial charge is 0.487 e. The summed E-state index contributed by atoms with van der Waals surface area (Å²) >= 11 is 5.92. The van der Waals surface area contributed by atoms with Gasteiger partial charge in [-0.3, -0.25) is 4.79 Å². The summed E-state index contributed by atoms with van der Waals surface area (Å²) in [4.78, 5) is 27.7. The van der Waals surface area contributed by atoms with E-state index in [1.807, 2.05) is 24.3 Å². The average Bonchev–Trinajstić information content (AvgIpc) is 3.25. The Morgan fingerprint density at radius 3 is 2.56 bits per heavy atom. The number of amides is 1. The second-order valence-corrected chi connectivity index (χ2v) is 8.47. The number of aliphatic carboxylic acids is 1. The summed E-state index contributed by atoms with van der Waals surface area (Å²) in [7, 11) is 0. The Balaban J connectivity index is 1.43. The predicted molar refractivity (Wildman–Crippen MR) is 128 cm³/mol. The van der Waals surface area contributed by atoms with E-state index in [0.717, 1.165) is 34.7 Å². The van der Waals surface area contributed by atoms with E-state index in [9.17, 15) is 27.9 Å². The third-order valence-corrected chi connectivity index (χ3v) is 5.84. The number of nitrogens with one attached hydrogen (secondary N) is 2. The highest BCUT2D eigenvalue weighted by atomic mass is 35.5. The van der Waals surface area contributed by atoms with Gasteiger partial charge in [0.05, 0.1) is 10.6 Å². The SMILES string of the molecule is O=C(N[C@@H](Cc1c[nH]c2ccccc12)C(=O)O)c1cccc(COc2ccc(C(F)(F)F)cc2Cl)c1. The standard InChI is InChI=1S/C26H20ClF3N2O4/c27-20-12-18(26(28,29)30)8-9-23(20)36-14-15-4-3-5-16(10-15)24(33)32-22(25(34)35)11-17-13-31-21-7-2-1-6-19(17)21/h1-10,12-13,22,31H,11,14H2,(H,32,33)(H,34,35)/t22-/m0/s1. The van der Waals surface area contributed by atoms with Gasteiger partial charge < -0.3 is 20.1 Å². The van der Waals surface area contributed by atoms with Crippen molar-refractivity contribution in [3.8, 4) is 5.75 Å². The summed E-state index contributed by atoms with van der Waals surface area (Å²) in [6, 6.07) is 15.4. The van der Waals surface area contributed by atoms with Crippen molar-refractivity contribution in [2.24, 2.45) is 0 Å². The molecule has 1 atom stereocenters. The first-order valence-electron chi connectivity index (χ1n) is 10.8. The van der Waals surface area contributed by atoms with Crippen LogP contribution in [0.2, 0.25) is 5.02 Å². The number of rotatable bonds is 8. The number of halogens is 4. The van der Waals surface area contributed by atoms with Crippen LogP contribution in [0.1, 0.15) is 27.0 Å². The molecule has 0 radical (unpaired) electrons. The molecule has 1 aromatic heterocycles.